The van der Waals surface area contributed by atoms with E-state index in [9.17, 15) is 15.0 Å². The summed E-state index contributed by atoms with van der Waals surface area (Å²) in [4.78, 5) is 12.0. The van der Waals surface area contributed by atoms with E-state index >= 15 is 0 Å². The largest absolute Gasteiger partial charge is 0.394 e. The molecule has 0 saturated carbocycles. The Kier molecular flexibility index (Phi) is 20.3. The summed E-state index contributed by atoms with van der Waals surface area (Å²) in [5, 5.41) is 22.4. The summed E-state index contributed by atoms with van der Waals surface area (Å²) in [5.41, 5.74) is 0. The van der Waals surface area contributed by atoms with Gasteiger partial charge >= 0.3 is 0 Å². The average Bonchev–Trinajstić information content (AvgIpc) is 2.72. The summed E-state index contributed by atoms with van der Waals surface area (Å²) in [6.45, 7) is 4.08. The van der Waals surface area contributed by atoms with Crippen molar-refractivity contribution in [2.24, 2.45) is 0 Å². The average molecular weight is 408 g/mol. The van der Waals surface area contributed by atoms with Crippen molar-refractivity contribution >= 4 is 5.91 Å². The number of nitrogens with one attached hydrogen (secondary N) is 1. The fourth-order valence-electron chi connectivity index (χ4n) is 3.07. The van der Waals surface area contributed by atoms with Gasteiger partial charge in [0.15, 0.2) is 0 Å². The van der Waals surface area contributed by atoms with Crippen LogP contribution in [0.4, 0.5) is 0 Å². The molecule has 0 rings (SSSR count). The lowest BCUT2D eigenvalue weighted by Gasteiger charge is -2.22. The Bertz CT molecular complexity index is 457. The van der Waals surface area contributed by atoms with Gasteiger partial charge in [0.1, 0.15) is 0 Å². The van der Waals surface area contributed by atoms with E-state index in [1.54, 1.807) is 0 Å². The van der Waals surface area contributed by atoms with Gasteiger partial charge in [-0.3, -0.25) is 4.79 Å². The molecule has 0 aliphatic carbocycles. The zero-order valence-electron chi connectivity index (χ0n) is 18.8. The predicted octanol–water partition coefficient (Wildman–Crippen LogP) is 5.60. The Balaban J connectivity index is 3.73. The number of amides is 1. The molecule has 2 atom stereocenters. The number of hydrogen-bond donors (Lipinski definition) is 3. The molecule has 3 N–H and O–H groups in total. The third kappa shape index (κ3) is 18.4. The van der Waals surface area contributed by atoms with Gasteiger partial charge in [-0.2, -0.15) is 0 Å². The van der Waals surface area contributed by atoms with Crippen LogP contribution in [0.5, 0.6) is 0 Å². The van der Waals surface area contributed by atoms with Crippen LogP contribution in [-0.4, -0.2) is 34.9 Å². The van der Waals surface area contributed by atoms with Crippen LogP contribution in [0.25, 0.3) is 0 Å². The van der Waals surface area contributed by atoms with Crippen LogP contribution in [0.2, 0.25) is 0 Å². The molecule has 168 valence electrons. The quantitative estimate of drug-likeness (QED) is 0.193. The normalized spacial score (nSPS) is 14.2. The van der Waals surface area contributed by atoms with Gasteiger partial charge in [-0.1, -0.05) is 82.4 Å². The van der Waals surface area contributed by atoms with Gasteiger partial charge in [-0.15, -0.1) is 0 Å². The summed E-state index contributed by atoms with van der Waals surface area (Å²) in [7, 11) is 0. The molecule has 4 heteroatoms. The molecule has 0 aliphatic rings. The molecule has 0 spiro atoms. The van der Waals surface area contributed by atoms with Crippen LogP contribution < -0.4 is 5.32 Å². The van der Waals surface area contributed by atoms with Crippen LogP contribution in [0.3, 0.4) is 0 Å². The molecule has 0 fully saturated rings. The van der Waals surface area contributed by atoms with Gasteiger partial charge in [-0.25, -0.2) is 0 Å². The second-order valence-electron chi connectivity index (χ2n) is 7.67. The van der Waals surface area contributed by atoms with E-state index in [-0.39, 0.29) is 12.5 Å². The Morgan fingerprint density at radius 3 is 2.17 bits per heavy atom. The molecular formula is C25H45NO3. The molecule has 29 heavy (non-hydrogen) atoms. The zero-order valence-corrected chi connectivity index (χ0v) is 18.8. The number of allylic oxidation sites excluding steroid dienone is 6. The smallest absolute Gasteiger partial charge is 0.220 e. The van der Waals surface area contributed by atoms with Crippen molar-refractivity contribution in [3.63, 3.8) is 0 Å². The molecule has 0 saturated heterocycles. The second-order valence-corrected chi connectivity index (χ2v) is 7.67. The first-order valence-corrected chi connectivity index (χ1v) is 11.7. The highest BCUT2D eigenvalue weighted by Gasteiger charge is 2.19. The van der Waals surface area contributed by atoms with E-state index in [1.165, 1.54) is 0 Å². The van der Waals surface area contributed by atoms with Crippen molar-refractivity contribution in [1.29, 1.82) is 0 Å². The monoisotopic (exact) mass is 407 g/mol. The Labute approximate surface area is 179 Å². The highest BCUT2D eigenvalue weighted by atomic mass is 16.3. The second kappa shape index (κ2) is 21.3. The molecule has 0 radical (unpaired) electrons. The number of unbranched alkanes of at least 4 members (excludes halogenated alkanes) is 6. The summed E-state index contributed by atoms with van der Waals surface area (Å²) in [6.07, 6.45) is 25.0. The van der Waals surface area contributed by atoms with Gasteiger partial charge in [0.25, 0.3) is 0 Å². The number of carbonyl (C=O) groups excluding carboxylic acids is 1. The van der Waals surface area contributed by atoms with Crippen molar-refractivity contribution in [1.82, 2.24) is 5.32 Å². The summed E-state index contributed by atoms with van der Waals surface area (Å²) in [5.74, 6) is -0.0746. The Morgan fingerprint density at radius 2 is 1.52 bits per heavy atom. The fraction of sp³-hybridized carbons (Fsp3) is 0.720. The van der Waals surface area contributed by atoms with E-state index in [0.717, 1.165) is 70.6 Å². The lowest BCUT2D eigenvalue weighted by atomic mass is 10.0. The summed E-state index contributed by atoms with van der Waals surface area (Å²) < 4.78 is 0. The van der Waals surface area contributed by atoms with Gasteiger partial charge in [0, 0.05) is 6.42 Å². The maximum absolute atomic E-state index is 12.0. The van der Waals surface area contributed by atoms with Crippen LogP contribution in [0.15, 0.2) is 36.5 Å². The molecular weight excluding hydrogens is 362 g/mol. The fourth-order valence-corrected chi connectivity index (χ4v) is 3.07. The first kappa shape index (κ1) is 27.6. The minimum atomic E-state index is -0.664. The molecule has 1 amide bonds. The molecule has 0 bridgehead atoms. The standard InChI is InChI=1S/C25H45NO3/c1-3-5-7-9-10-11-12-13-14-15-16-17-19-21-25(29)26-23(22-27)24(28)20-18-8-6-4-2/h5,7,10-11,13-14,23-24,27-28H,3-4,6,8-9,12,15-22H2,1-2H3,(H,26,29)/b7-5-,11-10-,14-13-. The minimum Gasteiger partial charge on any atom is -0.394 e. The zero-order chi connectivity index (χ0) is 21.6. The maximum Gasteiger partial charge on any atom is 0.220 e. The summed E-state index contributed by atoms with van der Waals surface area (Å²) >= 11 is 0. The highest BCUT2D eigenvalue weighted by Crippen LogP contribution is 2.09. The highest BCUT2D eigenvalue weighted by molar-refractivity contribution is 5.76. The summed E-state index contributed by atoms with van der Waals surface area (Å²) in [6, 6.07) is -0.544. The van der Waals surface area contributed by atoms with E-state index in [4.69, 9.17) is 0 Å². The first-order chi connectivity index (χ1) is 14.2. The van der Waals surface area contributed by atoms with Crippen LogP contribution in [0, 0.1) is 0 Å². The maximum atomic E-state index is 12.0. The number of aliphatic hydroxyl groups excluding tert-OH is 2. The van der Waals surface area contributed by atoms with Gasteiger partial charge in [0.2, 0.25) is 5.91 Å². The third-order valence-corrected chi connectivity index (χ3v) is 4.92. The molecule has 0 aromatic carbocycles. The van der Waals surface area contributed by atoms with Crippen LogP contribution in [-0.2, 0) is 4.79 Å². The third-order valence-electron chi connectivity index (χ3n) is 4.92. The van der Waals surface area contributed by atoms with Gasteiger partial charge in [0.05, 0.1) is 18.8 Å². The number of carbonyl (C=O) groups is 1. The molecule has 0 heterocycles. The molecule has 2 unspecified atom stereocenters. The van der Waals surface area contributed by atoms with Crippen molar-refractivity contribution in [2.75, 3.05) is 6.61 Å². The number of hydrogen-bond acceptors (Lipinski definition) is 3. The lowest BCUT2D eigenvalue weighted by Crippen LogP contribution is -2.45. The minimum absolute atomic E-state index is 0.0746. The van der Waals surface area contributed by atoms with Crippen molar-refractivity contribution in [2.45, 2.75) is 109 Å². The molecule has 0 aromatic heterocycles. The van der Waals surface area contributed by atoms with E-state index in [0.29, 0.717) is 12.8 Å². The number of aliphatic hydroxyl groups is 2. The number of rotatable bonds is 19. The first-order valence-electron chi connectivity index (χ1n) is 11.7. The lowest BCUT2D eigenvalue weighted by molar-refractivity contribution is -0.123. The van der Waals surface area contributed by atoms with E-state index in [1.807, 2.05) is 0 Å². The Morgan fingerprint density at radius 1 is 0.862 bits per heavy atom. The van der Waals surface area contributed by atoms with Gasteiger partial charge in [-0.05, 0) is 44.9 Å². The van der Waals surface area contributed by atoms with Crippen LogP contribution in [0.1, 0.15) is 97.3 Å². The van der Waals surface area contributed by atoms with E-state index < -0.39 is 12.1 Å². The Hall–Kier alpha value is -1.39. The topological polar surface area (TPSA) is 69.6 Å². The van der Waals surface area contributed by atoms with Crippen molar-refractivity contribution in [3.05, 3.63) is 36.5 Å². The van der Waals surface area contributed by atoms with Crippen molar-refractivity contribution in [3.8, 4) is 0 Å². The SMILES string of the molecule is CC/C=C\C/C=C\C/C=C\CCCCCC(=O)NC(CO)C(O)CCCCCC. The molecule has 0 aliphatic heterocycles. The van der Waals surface area contributed by atoms with Gasteiger partial charge < -0.3 is 15.5 Å². The predicted molar refractivity (Wildman–Crippen MR) is 124 cm³/mol. The van der Waals surface area contributed by atoms with Crippen molar-refractivity contribution < 1.29 is 15.0 Å². The van der Waals surface area contributed by atoms with Crippen LogP contribution >= 0.6 is 0 Å². The molecule has 4 nitrogen and oxygen atoms in total. The molecule has 0 aromatic rings. The van der Waals surface area contributed by atoms with E-state index in [2.05, 4.69) is 55.6 Å².